The number of aromatic nitrogens is 2. The maximum absolute atomic E-state index is 13.0. The predicted octanol–water partition coefficient (Wildman–Crippen LogP) is 2.98. The lowest BCUT2D eigenvalue weighted by molar-refractivity contribution is 0.451. The summed E-state index contributed by atoms with van der Waals surface area (Å²) < 4.78 is 31.2. The lowest BCUT2D eigenvalue weighted by Gasteiger charge is -2.06. The molecule has 1 aromatic carbocycles. The molecule has 0 aliphatic carbocycles. The number of ether oxygens (including phenoxy) is 1. The zero-order chi connectivity index (χ0) is 13.0. The first-order valence-electron chi connectivity index (χ1n) is 5.38. The molecule has 2 aromatic rings. The van der Waals surface area contributed by atoms with Gasteiger partial charge in [0, 0.05) is 37.0 Å². The van der Waals surface area contributed by atoms with Crippen LogP contribution in [-0.2, 0) is 0 Å². The smallest absolute Gasteiger partial charge is 0.225 e. The van der Waals surface area contributed by atoms with Crippen molar-refractivity contribution in [1.82, 2.24) is 9.97 Å². The highest BCUT2D eigenvalue weighted by Crippen LogP contribution is 2.21. The van der Waals surface area contributed by atoms with E-state index >= 15 is 0 Å². The Bertz CT molecular complexity index is 528. The van der Waals surface area contributed by atoms with Crippen LogP contribution in [0.4, 0.5) is 14.7 Å². The number of hydrogen-bond acceptors (Lipinski definition) is 4. The highest BCUT2D eigenvalue weighted by Gasteiger charge is 2.04. The Kier molecular flexibility index (Phi) is 3.66. The fourth-order valence-electron chi connectivity index (χ4n) is 1.35. The summed E-state index contributed by atoms with van der Waals surface area (Å²) in [7, 11) is 0. The molecule has 0 aliphatic heterocycles. The maximum atomic E-state index is 13.0. The number of halogens is 2. The number of nitrogens with one attached hydrogen (secondary N) is 1. The van der Waals surface area contributed by atoms with E-state index in [0.29, 0.717) is 12.5 Å². The van der Waals surface area contributed by atoms with Crippen LogP contribution in [-0.4, -0.2) is 16.5 Å². The van der Waals surface area contributed by atoms with E-state index in [1.54, 1.807) is 0 Å². The minimum absolute atomic E-state index is 0.0497. The molecule has 4 nitrogen and oxygen atoms in total. The molecule has 0 saturated heterocycles. The Morgan fingerprint density at radius 1 is 1.22 bits per heavy atom. The van der Waals surface area contributed by atoms with E-state index in [0.717, 1.165) is 18.2 Å². The van der Waals surface area contributed by atoms with E-state index < -0.39 is 11.6 Å². The van der Waals surface area contributed by atoms with Crippen molar-refractivity contribution in [3.63, 3.8) is 0 Å². The largest absolute Gasteiger partial charge is 0.439 e. The van der Waals surface area contributed by atoms with Gasteiger partial charge in [-0.3, -0.25) is 0 Å². The average Bonchev–Trinajstić information content (AvgIpc) is 2.28. The lowest BCUT2D eigenvalue weighted by Crippen LogP contribution is -2.02. The van der Waals surface area contributed by atoms with Crippen LogP contribution in [0.2, 0.25) is 0 Å². The van der Waals surface area contributed by atoms with Gasteiger partial charge >= 0.3 is 0 Å². The van der Waals surface area contributed by atoms with Crippen molar-refractivity contribution in [2.75, 3.05) is 11.9 Å². The van der Waals surface area contributed by atoms with Gasteiger partial charge < -0.3 is 10.1 Å². The van der Waals surface area contributed by atoms with Gasteiger partial charge in [-0.15, -0.1) is 0 Å². The van der Waals surface area contributed by atoms with Crippen LogP contribution < -0.4 is 10.1 Å². The minimum atomic E-state index is -0.703. The molecule has 0 fully saturated rings. The number of anilines is 1. The van der Waals surface area contributed by atoms with Crippen LogP contribution in [0.15, 0.2) is 30.5 Å². The first-order chi connectivity index (χ1) is 8.67. The highest BCUT2D eigenvalue weighted by atomic mass is 19.1. The third-order valence-electron chi connectivity index (χ3n) is 2.02. The van der Waals surface area contributed by atoms with Crippen LogP contribution in [0.25, 0.3) is 0 Å². The lowest BCUT2D eigenvalue weighted by atomic mass is 10.3. The van der Waals surface area contributed by atoms with Crippen LogP contribution in [0.5, 0.6) is 11.6 Å². The SMILES string of the molecule is CCNc1nccc(Oc2cc(F)cc(F)c2)n1. The molecule has 0 bridgehead atoms. The molecule has 0 atom stereocenters. The van der Waals surface area contributed by atoms with Crippen molar-refractivity contribution in [3.8, 4) is 11.6 Å². The summed E-state index contributed by atoms with van der Waals surface area (Å²) in [6.45, 7) is 2.57. The highest BCUT2D eigenvalue weighted by molar-refractivity contribution is 5.31. The zero-order valence-electron chi connectivity index (χ0n) is 9.65. The van der Waals surface area contributed by atoms with E-state index in [1.165, 1.54) is 12.3 Å². The molecule has 18 heavy (non-hydrogen) atoms. The molecule has 94 valence electrons. The third-order valence-corrected chi connectivity index (χ3v) is 2.02. The van der Waals surface area contributed by atoms with E-state index in [4.69, 9.17) is 4.74 Å². The molecule has 1 N–H and O–H groups in total. The van der Waals surface area contributed by atoms with Gasteiger partial charge in [-0.05, 0) is 6.92 Å². The van der Waals surface area contributed by atoms with E-state index in [9.17, 15) is 8.78 Å². The molecular weight excluding hydrogens is 240 g/mol. The maximum Gasteiger partial charge on any atom is 0.225 e. The Morgan fingerprint density at radius 3 is 2.61 bits per heavy atom. The summed E-state index contributed by atoms with van der Waals surface area (Å²) in [4.78, 5) is 7.98. The molecule has 0 unspecified atom stereocenters. The second-order valence-corrected chi connectivity index (χ2v) is 3.46. The summed E-state index contributed by atoms with van der Waals surface area (Å²) in [6, 6.07) is 4.44. The summed E-state index contributed by atoms with van der Waals surface area (Å²) in [5, 5.41) is 2.91. The van der Waals surface area contributed by atoms with Crippen LogP contribution in [0, 0.1) is 11.6 Å². The molecule has 0 amide bonds. The molecule has 2 rings (SSSR count). The summed E-state index contributed by atoms with van der Waals surface area (Å²) >= 11 is 0. The van der Waals surface area contributed by atoms with Crippen LogP contribution >= 0.6 is 0 Å². The van der Waals surface area contributed by atoms with Gasteiger partial charge in [0.05, 0.1) is 0 Å². The molecule has 0 spiro atoms. The second kappa shape index (κ2) is 5.39. The van der Waals surface area contributed by atoms with Crippen molar-refractivity contribution in [1.29, 1.82) is 0 Å². The molecule has 0 saturated carbocycles. The van der Waals surface area contributed by atoms with Crippen LogP contribution in [0.1, 0.15) is 6.92 Å². The Morgan fingerprint density at radius 2 is 1.94 bits per heavy atom. The van der Waals surface area contributed by atoms with Crippen molar-refractivity contribution >= 4 is 5.95 Å². The van der Waals surface area contributed by atoms with E-state index in [1.807, 2.05) is 6.92 Å². The quantitative estimate of drug-likeness (QED) is 0.907. The summed E-state index contributed by atoms with van der Waals surface area (Å²) in [6.07, 6.45) is 1.50. The van der Waals surface area contributed by atoms with Gasteiger partial charge in [-0.25, -0.2) is 13.8 Å². The molecule has 0 radical (unpaired) electrons. The molecular formula is C12H11F2N3O. The molecule has 0 aliphatic rings. The van der Waals surface area contributed by atoms with E-state index in [2.05, 4.69) is 15.3 Å². The predicted molar refractivity (Wildman–Crippen MR) is 62.6 cm³/mol. The number of nitrogens with zero attached hydrogens (tertiary/aromatic N) is 2. The van der Waals surface area contributed by atoms with Crippen molar-refractivity contribution < 1.29 is 13.5 Å². The molecule has 6 heteroatoms. The first-order valence-corrected chi connectivity index (χ1v) is 5.38. The van der Waals surface area contributed by atoms with Gasteiger partial charge in [-0.1, -0.05) is 0 Å². The van der Waals surface area contributed by atoms with Crippen molar-refractivity contribution in [3.05, 3.63) is 42.1 Å². The summed E-state index contributed by atoms with van der Waals surface area (Å²) in [5.74, 6) is -0.747. The summed E-state index contributed by atoms with van der Waals surface area (Å²) in [5.41, 5.74) is 0. The van der Waals surface area contributed by atoms with Gasteiger partial charge in [0.25, 0.3) is 0 Å². The second-order valence-electron chi connectivity index (χ2n) is 3.46. The first kappa shape index (κ1) is 12.2. The normalized spacial score (nSPS) is 10.2. The van der Waals surface area contributed by atoms with Gasteiger partial charge in [0.15, 0.2) is 0 Å². The average molecular weight is 251 g/mol. The zero-order valence-corrected chi connectivity index (χ0v) is 9.65. The minimum Gasteiger partial charge on any atom is -0.439 e. The molecule has 1 heterocycles. The third kappa shape index (κ3) is 3.13. The Balaban J connectivity index is 2.20. The topological polar surface area (TPSA) is 47.0 Å². The number of hydrogen-bond donors (Lipinski definition) is 1. The van der Waals surface area contributed by atoms with Gasteiger partial charge in [0.2, 0.25) is 11.8 Å². The van der Waals surface area contributed by atoms with Crippen LogP contribution in [0.3, 0.4) is 0 Å². The molecule has 1 aromatic heterocycles. The Hall–Kier alpha value is -2.24. The van der Waals surface area contributed by atoms with Gasteiger partial charge in [-0.2, -0.15) is 4.98 Å². The van der Waals surface area contributed by atoms with Crippen molar-refractivity contribution in [2.45, 2.75) is 6.92 Å². The van der Waals surface area contributed by atoms with Gasteiger partial charge in [0.1, 0.15) is 17.4 Å². The number of benzene rings is 1. The standard InChI is InChI=1S/C12H11F2N3O/c1-2-15-12-16-4-3-11(17-12)18-10-6-8(13)5-9(14)7-10/h3-7H,2H2,1H3,(H,15,16,17). The van der Waals surface area contributed by atoms with E-state index in [-0.39, 0.29) is 11.6 Å². The van der Waals surface area contributed by atoms with Crippen molar-refractivity contribution in [2.24, 2.45) is 0 Å². The number of rotatable bonds is 4. The fourth-order valence-corrected chi connectivity index (χ4v) is 1.35. The Labute approximate surface area is 103 Å². The monoisotopic (exact) mass is 251 g/mol. The fraction of sp³-hybridized carbons (Fsp3) is 0.167.